The summed E-state index contributed by atoms with van der Waals surface area (Å²) in [5.41, 5.74) is 0.251. The third kappa shape index (κ3) is 7.27. The third-order valence-corrected chi connectivity index (χ3v) is 5.95. The normalized spacial score (nSPS) is 12.2. The van der Waals surface area contributed by atoms with Crippen LogP contribution in [-0.4, -0.2) is 17.1 Å². The van der Waals surface area contributed by atoms with Crippen molar-refractivity contribution in [2.24, 2.45) is 0 Å². The number of alkyl halides is 3. The van der Waals surface area contributed by atoms with Crippen LogP contribution in [0.4, 0.5) is 24.5 Å². The van der Waals surface area contributed by atoms with E-state index in [1.807, 2.05) is 0 Å². The van der Waals surface area contributed by atoms with Crippen LogP contribution in [0.2, 0.25) is 5.02 Å². The molecular weight excluding hydrogens is 473 g/mol. The van der Waals surface area contributed by atoms with E-state index in [9.17, 15) is 22.8 Å². The monoisotopic (exact) mass is 492 g/mol. The maximum Gasteiger partial charge on any atom is 0.418 e. The predicted molar refractivity (Wildman–Crippen MR) is 126 cm³/mol. The summed E-state index contributed by atoms with van der Waals surface area (Å²) in [5, 5.41) is 5.11. The van der Waals surface area contributed by atoms with Gasteiger partial charge in [-0.25, -0.2) is 0 Å². The van der Waals surface area contributed by atoms with E-state index >= 15 is 0 Å². The third-order valence-electron chi connectivity index (χ3n) is 4.59. The second kappa shape index (κ2) is 10.8. The molecule has 3 aromatic rings. The molecule has 2 amide bonds. The van der Waals surface area contributed by atoms with Crippen LogP contribution in [0.3, 0.4) is 0 Å². The maximum absolute atomic E-state index is 13.1. The van der Waals surface area contributed by atoms with Crippen molar-refractivity contribution in [3.8, 4) is 0 Å². The zero-order chi connectivity index (χ0) is 24.0. The van der Waals surface area contributed by atoms with Crippen LogP contribution < -0.4 is 10.6 Å². The molecule has 3 rings (SSSR count). The van der Waals surface area contributed by atoms with E-state index < -0.39 is 22.9 Å². The second-order valence-corrected chi connectivity index (χ2v) is 9.02. The van der Waals surface area contributed by atoms with E-state index in [0.29, 0.717) is 10.7 Å². The molecule has 0 aliphatic carbocycles. The zero-order valence-electron chi connectivity index (χ0n) is 17.4. The van der Waals surface area contributed by atoms with Crippen molar-refractivity contribution in [1.82, 2.24) is 0 Å². The minimum absolute atomic E-state index is 0.186. The Labute approximate surface area is 198 Å². The number of benzene rings is 3. The highest BCUT2D eigenvalue weighted by Gasteiger charge is 2.33. The van der Waals surface area contributed by atoms with Gasteiger partial charge in [0.25, 0.3) is 0 Å². The Morgan fingerprint density at radius 2 is 1.58 bits per heavy atom. The summed E-state index contributed by atoms with van der Waals surface area (Å²) in [4.78, 5) is 25.4. The summed E-state index contributed by atoms with van der Waals surface area (Å²) < 4.78 is 39.4. The van der Waals surface area contributed by atoms with Gasteiger partial charge in [-0.1, -0.05) is 35.9 Å². The van der Waals surface area contributed by atoms with Crippen LogP contribution in [0.1, 0.15) is 18.1 Å². The Morgan fingerprint density at radius 3 is 2.21 bits per heavy atom. The standard InChI is InChI=1S/C24H20ClF3N2O2S/c1-15(23(32)30-21-5-3-2-4-20(21)24(26,27)28)33-19-12-10-18(11-13-19)29-22(31)14-16-6-8-17(25)9-7-16/h2-13,15H,14H2,1H3,(H,29,31)(H,30,32). The lowest BCUT2D eigenvalue weighted by molar-refractivity contribution is -0.137. The van der Waals surface area contributed by atoms with Gasteiger partial charge in [-0.05, 0) is 61.0 Å². The molecule has 0 saturated carbocycles. The number of amides is 2. The molecule has 9 heteroatoms. The number of carbonyl (C=O) groups is 2. The van der Waals surface area contributed by atoms with Gasteiger partial charge >= 0.3 is 6.18 Å². The smallest absolute Gasteiger partial charge is 0.326 e. The molecule has 3 aromatic carbocycles. The first kappa shape index (κ1) is 24.7. The first-order valence-electron chi connectivity index (χ1n) is 9.90. The lowest BCUT2D eigenvalue weighted by Gasteiger charge is -2.16. The molecule has 1 atom stereocenters. The molecule has 0 heterocycles. The summed E-state index contributed by atoms with van der Waals surface area (Å²) >= 11 is 7.04. The summed E-state index contributed by atoms with van der Waals surface area (Å²) in [5.74, 6) is -0.731. The number of carbonyl (C=O) groups excluding carboxylic acids is 2. The molecule has 0 radical (unpaired) electrons. The van der Waals surface area contributed by atoms with Crippen LogP contribution in [0.15, 0.2) is 77.7 Å². The first-order valence-corrected chi connectivity index (χ1v) is 11.2. The van der Waals surface area contributed by atoms with Crippen LogP contribution in [0.5, 0.6) is 0 Å². The van der Waals surface area contributed by atoms with Gasteiger partial charge in [0.1, 0.15) is 0 Å². The average molecular weight is 493 g/mol. The Kier molecular flexibility index (Phi) is 8.05. The maximum atomic E-state index is 13.1. The van der Waals surface area contributed by atoms with Crippen molar-refractivity contribution >= 4 is 46.6 Å². The van der Waals surface area contributed by atoms with E-state index in [0.717, 1.165) is 16.5 Å². The van der Waals surface area contributed by atoms with Gasteiger partial charge in [0.15, 0.2) is 0 Å². The molecule has 0 fully saturated rings. The first-order chi connectivity index (χ1) is 15.6. The van der Waals surface area contributed by atoms with E-state index in [1.54, 1.807) is 55.5 Å². The minimum Gasteiger partial charge on any atom is -0.326 e. The quantitative estimate of drug-likeness (QED) is 0.363. The van der Waals surface area contributed by atoms with Crippen LogP contribution >= 0.6 is 23.4 Å². The van der Waals surface area contributed by atoms with Crippen molar-refractivity contribution in [2.75, 3.05) is 10.6 Å². The Balaban J connectivity index is 1.55. The van der Waals surface area contributed by atoms with Crippen molar-refractivity contribution in [3.05, 3.63) is 88.9 Å². The highest BCUT2D eigenvalue weighted by Crippen LogP contribution is 2.35. The topological polar surface area (TPSA) is 58.2 Å². The summed E-state index contributed by atoms with van der Waals surface area (Å²) in [7, 11) is 0. The number of halogens is 4. The summed E-state index contributed by atoms with van der Waals surface area (Å²) in [6.45, 7) is 1.61. The van der Waals surface area contributed by atoms with Crippen molar-refractivity contribution in [2.45, 2.75) is 29.7 Å². The molecule has 0 aliphatic rings. The van der Waals surface area contributed by atoms with Gasteiger partial charge in [0.2, 0.25) is 11.8 Å². The van der Waals surface area contributed by atoms with Crippen LogP contribution in [-0.2, 0) is 22.2 Å². The largest absolute Gasteiger partial charge is 0.418 e. The van der Waals surface area contributed by atoms with Gasteiger partial charge < -0.3 is 10.6 Å². The van der Waals surface area contributed by atoms with E-state index in [1.165, 1.54) is 30.0 Å². The Morgan fingerprint density at radius 1 is 0.939 bits per heavy atom. The van der Waals surface area contributed by atoms with E-state index in [-0.39, 0.29) is 18.0 Å². The van der Waals surface area contributed by atoms with Gasteiger partial charge in [-0.15, -0.1) is 11.8 Å². The second-order valence-electron chi connectivity index (χ2n) is 7.17. The summed E-state index contributed by atoms with van der Waals surface area (Å²) in [6.07, 6.45) is -4.36. The number of hydrogen-bond acceptors (Lipinski definition) is 3. The van der Waals surface area contributed by atoms with Gasteiger partial charge in [0.05, 0.1) is 22.9 Å². The molecule has 0 aromatic heterocycles. The molecular formula is C24H20ClF3N2O2S. The summed E-state index contributed by atoms with van der Waals surface area (Å²) in [6, 6.07) is 18.7. The molecule has 0 spiro atoms. The fourth-order valence-electron chi connectivity index (χ4n) is 2.94. The molecule has 2 N–H and O–H groups in total. The van der Waals surface area contributed by atoms with E-state index in [4.69, 9.17) is 11.6 Å². The number of anilines is 2. The molecule has 172 valence electrons. The van der Waals surface area contributed by atoms with Gasteiger partial charge in [0, 0.05) is 15.6 Å². The number of hydrogen-bond donors (Lipinski definition) is 2. The van der Waals surface area contributed by atoms with Crippen LogP contribution in [0, 0.1) is 0 Å². The lowest BCUT2D eigenvalue weighted by atomic mass is 10.1. The van der Waals surface area contributed by atoms with Gasteiger partial charge in [-0.3, -0.25) is 9.59 Å². The SMILES string of the molecule is CC(Sc1ccc(NC(=O)Cc2ccc(Cl)cc2)cc1)C(=O)Nc1ccccc1C(F)(F)F. The van der Waals surface area contributed by atoms with Gasteiger partial charge in [-0.2, -0.15) is 13.2 Å². The van der Waals surface area contributed by atoms with Crippen molar-refractivity contribution in [1.29, 1.82) is 0 Å². The number of para-hydroxylation sites is 1. The highest BCUT2D eigenvalue weighted by atomic mass is 35.5. The predicted octanol–water partition coefficient (Wildman–Crippen LogP) is 6.66. The molecule has 0 saturated heterocycles. The fourth-order valence-corrected chi connectivity index (χ4v) is 3.93. The zero-order valence-corrected chi connectivity index (χ0v) is 19.0. The molecule has 0 aliphatic heterocycles. The Bertz CT molecular complexity index is 1120. The number of rotatable bonds is 7. The Hall–Kier alpha value is -2.97. The molecule has 1 unspecified atom stereocenters. The van der Waals surface area contributed by atoms with Crippen molar-refractivity contribution in [3.63, 3.8) is 0 Å². The minimum atomic E-state index is -4.56. The molecule has 0 bridgehead atoms. The fraction of sp³-hybridized carbons (Fsp3) is 0.167. The van der Waals surface area contributed by atoms with E-state index in [2.05, 4.69) is 10.6 Å². The highest BCUT2D eigenvalue weighted by molar-refractivity contribution is 8.00. The number of nitrogens with one attached hydrogen (secondary N) is 2. The number of thioether (sulfide) groups is 1. The average Bonchev–Trinajstić information content (AvgIpc) is 2.76. The molecule has 33 heavy (non-hydrogen) atoms. The van der Waals surface area contributed by atoms with Crippen LogP contribution in [0.25, 0.3) is 0 Å². The van der Waals surface area contributed by atoms with Crippen molar-refractivity contribution < 1.29 is 22.8 Å². The molecule has 4 nitrogen and oxygen atoms in total. The lowest BCUT2D eigenvalue weighted by Crippen LogP contribution is -2.24.